The van der Waals surface area contributed by atoms with E-state index in [2.05, 4.69) is 24.4 Å². The average molecular weight is 267 g/mol. The molecule has 2 aromatic carbocycles. The second kappa shape index (κ2) is 5.91. The van der Waals surface area contributed by atoms with Gasteiger partial charge in [-0.05, 0) is 56.0 Å². The topological polar surface area (TPSA) is 29.1 Å². The van der Waals surface area contributed by atoms with Gasteiger partial charge in [0.05, 0.1) is 6.42 Å². The van der Waals surface area contributed by atoms with E-state index in [-0.39, 0.29) is 5.91 Å². The number of nitrogens with one attached hydrogen (secondary N) is 1. The summed E-state index contributed by atoms with van der Waals surface area (Å²) in [5.74, 6) is 0.0330. The summed E-state index contributed by atoms with van der Waals surface area (Å²) in [6.45, 7) is 8.14. The van der Waals surface area contributed by atoms with E-state index in [1.807, 2.05) is 45.0 Å². The molecule has 2 heteroatoms. The first-order chi connectivity index (χ1) is 9.45. The minimum atomic E-state index is 0.0330. The van der Waals surface area contributed by atoms with E-state index >= 15 is 0 Å². The first-order valence-electron chi connectivity index (χ1n) is 6.89. The Morgan fingerprint density at radius 2 is 1.55 bits per heavy atom. The van der Waals surface area contributed by atoms with Crippen LogP contribution < -0.4 is 5.32 Å². The van der Waals surface area contributed by atoms with Crippen LogP contribution in [-0.2, 0) is 11.2 Å². The maximum absolute atomic E-state index is 12.2. The quantitative estimate of drug-likeness (QED) is 0.891. The lowest BCUT2D eigenvalue weighted by Crippen LogP contribution is -2.15. The van der Waals surface area contributed by atoms with E-state index < -0.39 is 0 Å². The average Bonchev–Trinajstić information content (AvgIpc) is 2.37. The molecule has 0 unspecified atom stereocenters. The molecule has 0 saturated carbocycles. The van der Waals surface area contributed by atoms with Crippen molar-refractivity contribution in [3.05, 3.63) is 64.2 Å². The van der Waals surface area contributed by atoms with Gasteiger partial charge in [-0.2, -0.15) is 0 Å². The van der Waals surface area contributed by atoms with Gasteiger partial charge in [0, 0.05) is 5.69 Å². The summed E-state index contributed by atoms with van der Waals surface area (Å²) in [6, 6.07) is 12.3. The molecule has 0 aliphatic rings. The van der Waals surface area contributed by atoms with E-state index in [1.165, 1.54) is 11.1 Å². The van der Waals surface area contributed by atoms with Gasteiger partial charge in [0.25, 0.3) is 0 Å². The Kier molecular flexibility index (Phi) is 4.23. The largest absolute Gasteiger partial charge is 0.326 e. The first kappa shape index (κ1) is 14.3. The Hall–Kier alpha value is -2.09. The van der Waals surface area contributed by atoms with Gasteiger partial charge >= 0.3 is 0 Å². The van der Waals surface area contributed by atoms with E-state index in [0.29, 0.717) is 6.42 Å². The summed E-state index contributed by atoms with van der Waals surface area (Å²) in [5, 5.41) is 3.00. The van der Waals surface area contributed by atoms with Gasteiger partial charge in [-0.25, -0.2) is 0 Å². The SMILES string of the molecule is Cc1ccc(CC(=O)Nc2cc(C)ccc2C)c(C)c1. The molecule has 0 spiro atoms. The second-order valence-electron chi connectivity index (χ2n) is 5.47. The molecule has 104 valence electrons. The predicted molar refractivity (Wildman–Crippen MR) is 84.2 cm³/mol. The summed E-state index contributed by atoms with van der Waals surface area (Å²) < 4.78 is 0. The molecule has 2 aromatic rings. The Balaban J connectivity index is 2.11. The Morgan fingerprint density at radius 1 is 0.900 bits per heavy atom. The maximum atomic E-state index is 12.2. The van der Waals surface area contributed by atoms with Gasteiger partial charge in [0.15, 0.2) is 0 Å². The zero-order valence-corrected chi connectivity index (χ0v) is 12.6. The molecule has 2 nitrogen and oxygen atoms in total. The van der Waals surface area contributed by atoms with E-state index in [9.17, 15) is 4.79 Å². The Morgan fingerprint density at radius 3 is 2.25 bits per heavy atom. The number of aryl methyl sites for hydroxylation is 4. The third-order valence-electron chi connectivity index (χ3n) is 3.52. The van der Waals surface area contributed by atoms with Crippen molar-refractivity contribution in [1.82, 2.24) is 0 Å². The number of rotatable bonds is 3. The van der Waals surface area contributed by atoms with Crippen LogP contribution in [0.3, 0.4) is 0 Å². The monoisotopic (exact) mass is 267 g/mol. The van der Waals surface area contributed by atoms with Crippen molar-refractivity contribution in [2.24, 2.45) is 0 Å². The van der Waals surface area contributed by atoms with Crippen LogP contribution in [0.5, 0.6) is 0 Å². The number of hydrogen-bond acceptors (Lipinski definition) is 1. The zero-order chi connectivity index (χ0) is 14.7. The minimum Gasteiger partial charge on any atom is -0.326 e. The van der Waals surface area contributed by atoms with E-state index in [4.69, 9.17) is 0 Å². The summed E-state index contributed by atoms with van der Waals surface area (Å²) in [4.78, 5) is 12.2. The molecule has 0 saturated heterocycles. The van der Waals surface area contributed by atoms with Crippen molar-refractivity contribution in [3.8, 4) is 0 Å². The fourth-order valence-electron chi connectivity index (χ4n) is 2.28. The highest BCUT2D eigenvalue weighted by Crippen LogP contribution is 2.17. The summed E-state index contributed by atoms with van der Waals surface area (Å²) in [5.41, 5.74) is 6.61. The lowest BCUT2D eigenvalue weighted by atomic mass is 10.0. The lowest BCUT2D eigenvalue weighted by Gasteiger charge is -2.11. The van der Waals surface area contributed by atoms with Gasteiger partial charge in [0.2, 0.25) is 5.91 Å². The molecule has 1 amide bonds. The van der Waals surface area contributed by atoms with Gasteiger partial charge in [-0.15, -0.1) is 0 Å². The van der Waals surface area contributed by atoms with Crippen LogP contribution in [0.4, 0.5) is 5.69 Å². The maximum Gasteiger partial charge on any atom is 0.228 e. The van der Waals surface area contributed by atoms with E-state index in [1.54, 1.807) is 0 Å². The van der Waals surface area contributed by atoms with Crippen LogP contribution in [-0.4, -0.2) is 5.91 Å². The van der Waals surface area contributed by atoms with Crippen LogP contribution in [0.25, 0.3) is 0 Å². The molecule has 0 radical (unpaired) electrons. The second-order valence-corrected chi connectivity index (χ2v) is 5.47. The highest BCUT2D eigenvalue weighted by Gasteiger charge is 2.08. The Bertz CT molecular complexity index is 644. The third kappa shape index (κ3) is 3.47. The van der Waals surface area contributed by atoms with Crippen molar-refractivity contribution in [2.45, 2.75) is 34.1 Å². The number of hydrogen-bond donors (Lipinski definition) is 1. The van der Waals surface area contributed by atoms with Crippen LogP contribution in [0.1, 0.15) is 27.8 Å². The van der Waals surface area contributed by atoms with Crippen molar-refractivity contribution < 1.29 is 4.79 Å². The van der Waals surface area contributed by atoms with Gasteiger partial charge < -0.3 is 5.32 Å². The molecular formula is C18H21NO. The molecule has 0 aliphatic carbocycles. The van der Waals surface area contributed by atoms with Crippen LogP contribution in [0, 0.1) is 27.7 Å². The lowest BCUT2D eigenvalue weighted by molar-refractivity contribution is -0.115. The number of carbonyl (C=O) groups is 1. The van der Waals surface area contributed by atoms with E-state index in [0.717, 1.165) is 22.4 Å². The minimum absolute atomic E-state index is 0.0330. The highest BCUT2D eigenvalue weighted by atomic mass is 16.1. The molecular weight excluding hydrogens is 246 g/mol. The van der Waals surface area contributed by atoms with Gasteiger partial charge in [-0.1, -0.05) is 35.9 Å². The zero-order valence-electron chi connectivity index (χ0n) is 12.6. The summed E-state index contributed by atoms with van der Waals surface area (Å²) in [6.07, 6.45) is 0.416. The molecule has 0 fully saturated rings. The van der Waals surface area contributed by atoms with Crippen LogP contribution >= 0.6 is 0 Å². The molecule has 1 N–H and O–H groups in total. The standard InChI is InChI=1S/C18H21NO/c1-12-6-8-16(15(4)9-12)11-18(20)19-17-10-13(2)5-7-14(17)3/h5-10H,11H2,1-4H3,(H,19,20). The molecule has 0 atom stereocenters. The first-order valence-corrected chi connectivity index (χ1v) is 6.89. The fraction of sp³-hybridized carbons (Fsp3) is 0.278. The number of carbonyl (C=O) groups excluding carboxylic acids is 1. The van der Waals surface area contributed by atoms with Crippen LogP contribution in [0.2, 0.25) is 0 Å². The molecule has 0 aromatic heterocycles. The fourth-order valence-corrected chi connectivity index (χ4v) is 2.28. The third-order valence-corrected chi connectivity index (χ3v) is 3.52. The van der Waals surface area contributed by atoms with Crippen molar-refractivity contribution >= 4 is 11.6 Å². The molecule has 0 heterocycles. The molecule has 0 bridgehead atoms. The Labute approximate surface area is 120 Å². The number of anilines is 1. The van der Waals surface area contributed by atoms with Crippen molar-refractivity contribution in [1.29, 1.82) is 0 Å². The van der Waals surface area contributed by atoms with Crippen molar-refractivity contribution in [2.75, 3.05) is 5.32 Å². The normalized spacial score (nSPS) is 10.4. The molecule has 2 rings (SSSR count). The highest BCUT2D eigenvalue weighted by molar-refractivity contribution is 5.93. The molecule has 0 aliphatic heterocycles. The molecule has 20 heavy (non-hydrogen) atoms. The van der Waals surface area contributed by atoms with Crippen LogP contribution in [0.15, 0.2) is 36.4 Å². The summed E-state index contributed by atoms with van der Waals surface area (Å²) >= 11 is 0. The van der Waals surface area contributed by atoms with Gasteiger partial charge in [0.1, 0.15) is 0 Å². The summed E-state index contributed by atoms with van der Waals surface area (Å²) in [7, 11) is 0. The number of amides is 1. The van der Waals surface area contributed by atoms with Crippen molar-refractivity contribution in [3.63, 3.8) is 0 Å². The number of benzene rings is 2. The van der Waals surface area contributed by atoms with Gasteiger partial charge in [-0.3, -0.25) is 4.79 Å². The predicted octanol–water partition coefficient (Wildman–Crippen LogP) is 4.10. The smallest absolute Gasteiger partial charge is 0.228 e.